The summed E-state index contributed by atoms with van der Waals surface area (Å²) in [5.41, 5.74) is -1.69. The summed E-state index contributed by atoms with van der Waals surface area (Å²) in [6.07, 6.45) is 12.2. The summed E-state index contributed by atoms with van der Waals surface area (Å²) in [4.78, 5) is 120. The Morgan fingerprint density at radius 3 is 1.29 bits per heavy atom. The van der Waals surface area contributed by atoms with Crippen LogP contribution in [0, 0.1) is 5.41 Å². The van der Waals surface area contributed by atoms with E-state index in [4.69, 9.17) is 28.5 Å². The van der Waals surface area contributed by atoms with Crippen LogP contribution in [0.4, 0.5) is 4.79 Å². The molecule has 1 aromatic carbocycles. The van der Waals surface area contributed by atoms with Crippen LogP contribution in [0.25, 0.3) is 0 Å². The van der Waals surface area contributed by atoms with Crippen molar-refractivity contribution < 1.29 is 62.1 Å². The Labute approximate surface area is 571 Å². The van der Waals surface area contributed by atoms with Crippen LogP contribution in [0.2, 0.25) is 13.3 Å². The van der Waals surface area contributed by atoms with Gasteiger partial charge >= 0.3 is 256 Å². The largest absolute Gasteiger partial charge is 0.373 e. The van der Waals surface area contributed by atoms with Gasteiger partial charge in [-0.2, -0.15) is 9.59 Å². The number of amides is 4. The molecule has 0 aliphatic carbocycles. The summed E-state index contributed by atoms with van der Waals surface area (Å²) in [5, 5.41) is 9.36. The Morgan fingerprint density at radius 1 is 0.511 bits per heavy atom. The number of unbranched alkanes of at least 4 members (excludes halogenated alkanes) is 5. The molecule has 1 aliphatic heterocycles. The smallest absolute Gasteiger partial charge is 0.186 e. The quantitative estimate of drug-likeness (QED) is 0.0248. The van der Waals surface area contributed by atoms with Crippen LogP contribution >= 0.6 is 0 Å². The van der Waals surface area contributed by atoms with Gasteiger partial charge in [-0.05, 0) is 96.4 Å². The van der Waals surface area contributed by atoms with Gasteiger partial charge < -0.3 is 24.3 Å². The van der Waals surface area contributed by atoms with Crippen molar-refractivity contribution in [2.75, 3.05) is 91.6 Å². The summed E-state index contributed by atoms with van der Waals surface area (Å²) >= 11 is -2.68. The van der Waals surface area contributed by atoms with Gasteiger partial charge in [0.2, 0.25) is 5.91 Å². The van der Waals surface area contributed by atoms with Crippen molar-refractivity contribution >= 4 is 69.8 Å². The number of rotatable bonds is 35. The first-order valence-corrected chi connectivity index (χ1v) is 42.7. The molecule has 2 atom stereocenters. The van der Waals surface area contributed by atoms with Gasteiger partial charge in [-0.15, -0.1) is 0 Å². The van der Waals surface area contributed by atoms with Crippen LogP contribution < -0.4 is 19.5 Å². The van der Waals surface area contributed by atoms with Gasteiger partial charge in [0, 0.05) is 64.8 Å². The molecule has 0 saturated carbocycles. The Kier molecular flexibility index (Phi) is 41.2. The Hall–Kier alpha value is -4.67. The third kappa shape index (κ3) is 42.1. The Morgan fingerprint density at radius 2 is 0.904 bits per heavy atom. The number of benzene rings is 1. The van der Waals surface area contributed by atoms with E-state index in [1.165, 1.54) is 51.8 Å². The third-order valence-corrected chi connectivity index (χ3v) is 31.8. The third-order valence-electron chi connectivity index (χ3n) is 16.2. The van der Waals surface area contributed by atoms with E-state index in [1.807, 2.05) is 115 Å². The molecule has 1 heterocycles. The molecule has 1 fully saturated rings. The summed E-state index contributed by atoms with van der Waals surface area (Å²) in [6, 6.07) is 8.77. The minimum Gasteiger partial charge on any atom is -0.186 e. The normalized spacial score (nSPS) is 15.3. The minimum absolute atomic E-state index is 0.0292. The van der Waals surface area contributed by atoms with Crippen molar-refractivity contribution in [3.05, 3.63) is 29.8 Å². The Bertz CT molecular complexity index is 2360. The molecule has 0 unspecified atom stereocenters. The zero-order valence-electron chi connectivity index (χ0n) is 62.1. The molecule has 94 heavy (non-hydrogen) atoms. The number of esters is 4. The topological polar surface area (TPSA) is 243 Å². The molecule has 1 aromatic rings. The van der Waals surface area contributed by atoms with Crippen molar-refractivity contribution in [1.82, 2.24) is 40.4 Å². The van der Waals surface area contributed by atoms with Crippen LogP contribution in [0.3, 0.4) is 0 Å². The monoisotopic (exact) mass is 1430 g/mol. The number of hydrogen-bond acceptors (Lipinski definition) is 17. The molecule has 540 valence electrons. The SMILES string of the molecule is CCC[CH2][Sn]([CH2]CCC)([CH2]CCC)[c]1ccc(CN(CCCC[C@H](NC(=O)N[C@H](C)CCC(=O)OC(C)(C)C)C(C)(C)C)C(=O)CCCCNC(=O)CN2CCN(CC(=O)OC(C)(C)C)CCN(CC(=O)OC(C)(C)C)CCN(CC(=O)OC(C)(C)C)CC2)cc1.O=C=O. The summed E-state index contributed by atoms with van der Waals surface area (Å²) in [7, 11) is 0. The first-order chi connectivity index (χ1) is 43.7. The van der Waals surface area contributed by atoms with Crippen LogP contribution in [-0.2, 0) is 63.8 Å². The van der Waals surface area contributed by atoms with Gasteiger partial charge in [-0.1, -0.05) is 20.8 Å². The van der Waals surface area contributed by atoms with E-state index < -0.39 is 40.8 Å². The molecule has 3 N–H and O–H groups in total. The summed E-state index contributed by atoms with van der Waals surface area (Å²) in [6.45, 7) is 42.4. The van der Waals surface area contributed by atoms with Crippen LogP contribution in [0.5, 0.6) is 0 Å². The van der Waals surface area contributed by atoms with Crippen LogP contribution in [0.15, 0.2) is 24.3 Å². The molecule has 21 nitrogen and oxygen atoms in total. The van der Waals surface area contributed by atoms with E-state index in [9.17, 15) is 33.6 Å². The molecular formula is C72H130N8O13Sn. The summed E-state index contributed by atoms with van der Waals surface area (Å²) < 4.78 is 28.4. The first kappa shape index (κ1) is 87.3. The molecule has 4 amide bonds. The van der Waals surface area contributed by atoms with E-state index in [0.717, 1.165) is 24.8 Å². The maximum absolute atomic E-state index is 14.4. The standard InChI is InChI=1S/C59H103N8O11.3C4H9.CO2.Sn/c1-45(28-29-50(70)75-56(5,6)7)61-54(74)62-47(55(2,3)4)26-21-23-31-67(40-46-24-18-17-19-25-46)49(69)27-20-22-30-60-48(68)41-63-32-34-64(42-51(71)76-57(8,9)10)36-38-66(44-53(73)78-59(14,15)16)39-37-65(35-33-63)43-52(72)77-58(11,12)13;3*1-3-4-2;2-1-3;/h18-19,24-25,45,47H,20-23,26-44H2,1-16H3,(H,60,68)(H2,61,62,74);3*1,3-4H2,2H3;;/t45-,47+;;;;;/m1...../s1. The average molecular weight is 1430 g/mol. The average Bonchev–Trinajstić information content (AvgIpc) is 0.813. The molecule has 1 aliphatic rings. The second-order valence-corrected chi connectivity index (χ2v) is 44.2. The second-order valence-electron chi connectivity index (χ2n) is 30.9. The van der Waals surface area contributed by atoms with Gasteiger partial charge in [0.1, 0.15) is 22.4 Å². The van der Waals surface area contributed by atoms with Crippen molar-refractivity contribution in [3.63, 3.8) is 0 Å². The first-order valence-electron chi connectivity index (χ1n) is 35.2. The molecule has 0 bridgehead atoms. The van der Waals surface area contributed by atoms with E-state index in [-0.39, 0.29) is 98.0 Å². The number of carbonyl (C=O) groups is 7. The van der Waals surface area contributed by atoms with Crippen LogP contribution in [0.1, 0.15) is 227 Å². The number of hydrogen-bond donors (Lipinski definition) is 3. The van der Waals surface area contributed by atoms with Crippen molar-refractivity contribution in [1.29, 1.82) is 0 Å². The van der Waals surface area contributed by atoms with Gasteiger partial charge in [-0.3, -0.25) is 43.6 Å². The fraction of sp³-hybridized carbons (Fsp3) is 0.806. The predicted molar refractivity (Wildman–Crippen MR) is 375 cm³/mol. The molecule has 0 spiro atoms. The summed E-state index contributed by atoms with van der Waals surface area (Å²) in [5.74, 6) is -1.47. The Balaban J connectivity index is 0.0000144. The molecule has 0 radical (unpaired) electrons. The number of nitrogens with zero attached hydrogens (tertiary/aromatic N) is 5. The maximum atomic E-state index is 14.4. The van der Waals surface area contributed by atoms with Gasteiger partial charge in [0.25, 0.3) is 0 Å². The van der Waals surface area contributed by atoms with Gasteiger partial charge in [0.15, 0.2) is 0 Å². The van der Waals surface area contributed by atoms with Crippen molar-refractivity contribution in [3.8, 4) is 0 Å². The zero-order chi connectivity index (χ0) is 71.4. The molecule has 1 saturated heterocycles. The predicted octanol–water partition coefficient (Wildman–Crippen LogP) is 10.4. The molecule has 2 rings (SSSR count). The minimum atomic E-state index is -2.68. The molecule has 22 heteroatoms. The van der Waals surface area contributed by atoms with Crippen molar-refractivity contribution in [2.45, 2.75) is 276 Å². The van der Waals surface area contributed by atoms with E-state index >= 15 is 0 Å². The number of ether oxygens (including phenoxy) is 4. The van der Waals surface area contributed by atoms with Gasteiger partial charge in [-0.25, -0.2) is 4.79 Å². The second kappa shape index (κ2) is 44.3. The molecular weight excluding hydrogens is 1300 g/mol. The maximum Gasteiger partial charge on any atom is 0.373 e. The fourth-order valence-electron chi connectivity index (χ4n) is 11.4. The zero-order valence-corrected chi connectivity index (χ0v) is 65.0. The van der Waals surface area contributed by atoms with Crippen molar-refractivity contribution in [2.24, 2.45) is 5.41 Å². The van der Waals surface area contributed by atoms with E-state index in [0.29, 0.717) is 97.7 Å². The number of urea groups is 1. The van der Waals surface area contributed by atoms with E-state index in [1.54, 1.807) is 3.58 Å². The van der Waals surface area contributed by atoms with Gasteiger partial charge in [0.05, 0.1) is 26.2 Å². The number of carbonyl (C=O) groups excluding carboxylic acids is 9. The molecule has 0 aromatic heterocycles. The van der Waals surface area contributed by atoms with Crippen LogP contribution in [-0.4, -0.2) is 217 Å². The van der Waals surface area contributed by atoms with E-state index in [2.05, 4.69) is 81.8 Å². The fourth-order valence-corrected chi connectivity index (χ4v) is 27.3. The number of nitrogens with one attached hydrogen (secondary N) is 3.